The maximum Gasteiger partial charge on any atom is 0.257 e. The van der Waals surface area contributed by atoms with Crippen molar-refractivity contribution in [1.82, 2.24) is 0 Å². The van der Waals surface area contributed by atoms with Gasteiger partial charge in [0.25, 0.3) is 5.91 Å². The predicted molar refractivity (Wildman–Crippen MR) is 77.1 cm³/mol. The van der Waals surface area contributed by atoms with E-state index >= 15 is 0 Å². The van der Waals surface area contributed by atoms with Crippen molar-refractivity contribution in [1.29, 1.82) is 0 Å². The molecule has 0 spiro atoms. The lowest BCUT2D eigenvalue weighted by molar-refractivity contribution is 0.102. The van der Waals surface area contributed by atoms with E-state index < -0.39 is 0 Å². The van der Waals surface area contributed by atoms with Gasteiger partial charge < -0.3 is 10.1 Å². The Hall–Kier alpha value is -2.00. The van der Waals surface area contributed by atoms with Crippen molar-refractivity contribution >= 4 is 23.2 Å². The van der Waals surface area contributed by atoms with Gasteiger partial charge in [-0.3, -0.25) is 4.79 Å². The van der Waals surface area contributed by atoms with E-state index in [1.807, 2.05) is 13.0 Å². The van der Waals surface area contributed by atoms with E-state index in [1.165, 1.54) is 0 Å². The summed E-state index contributed by atoms with van der Waals surface area (Å²) in [5, 5.41) is 3.24. The summed E-state index contributed by atoms with van der Waals surface area (Å²) < 4.78 is 5.06. The lowest BCUT2D eigenvalue weighted by Crippen LogP contribution is -2.12. The molecule has 0 aliphatic rings. The molecule has 3 nitrogen and oxygen atoms in total. The molecule has 0 bridgehead atoms. The molecule has 0 aliphatic heterocycles. The zero-order chi connectivity index (χ0) is 13.8. The third-order valence-corrected chi connectivity index (χ3v) is 3.03. The van der Waals surface area contributed by atoms with Gasteiger partial charge in [-0.15, -0.1) is 0 Å². The number of hydrogen-bond donors (Lipinski definition) is 1. The first-order valence-corrected chi connectivity index (χ1v) is 6.19. The fourth-order valence-electron chi connectivity index (χ4n) is 1.68. The first-order chi connectivity index (χ1) is 9.10. The molecule has 0 heterocycles. The Labute approximate surface area is 117 Å². The third-order valence-electron chi connectivity index (χ3n) is 2.72. The Balaban J connectivity index is 2.15. The molecule has 98 valence electrons. The van der Waals surface area contributed by atoms with Gasteiger partial charge in [0.05, 0.1) is 17.7 Å². The maximum absolute atomic E-state index is 12.1. The van der Waals surface area contributed by atoms with Crippen LogP contribution in [0.1, 0.15) is 15.9 Å². The summed E-state index contributed by atoms with van der Waals surface area (Å²) in [5.41, 5.74) is 2.18. The van der Waals surface area contributed by atoms with Crippen LogP contribution in [0.5, 0.6) is 5.75 Å². The molecule has 2 aromatic carbocycles. The molecule has 2 rings (SSSR count). The van der Waals surface area contributed by atoms with Crippen molar-refractivity contribution < 1.29 is 9.53 Å². The number of rotatable bonds is 3. The Kier molecular flexibility index (Phi) is 4.07. The van der Waals surface area contributed by atoms with E-state index in [4.69, 9.17) is 16.3 Å². The number of benzene rings is 2. The Bertz CT molecular complexity index is 594. The minimum atomic E-state index is -0.227. The smallest absolute Gasteiger partial charge is 0.257 e. The third kappa shape index (κ3) is 3.26. The van der Waals surface area contributed by atoms with Gasteiger partial charge in [-0.1, -0.05) is 17.7 Å². The maximum atomic E-state index is 12.1. The molecule has 0 aromatic heterocycles. The number of carbonyl (C=O) groups is 1. The van der Waals surface area contributed by atoms with E-state index in [1.54, 1.807) is 43.5 Å². The molecule has 0 saturated heterocycles. The second kappa shape index (κ2) is 5.76. The van der Waals surface area contributed by atoms with Crippen molar-refractivity contribution in [3.05, 3.63) is 58.6 Å². The number of hydrogen-bond acceptors (Lipinski definition) is 2. The molecule has 0 aliphatic carbocycles. The van der Waals surface area contributed by atoms with Crippen molar-refractivity contribution in [2.75, 3.05) is 12.4 Å². The van der Waals surface area contributed by atoms with Crippen LogP contribution in [0, 0.1) is 6.92 Å². The first-order valence-electron chi connectivity index (χ1n) is 5.81. The minimum Gasteiger partial charge on any atom is -0.497 e. The van der Waals surface area contributed by atoms with Gasteiger partial charge in [0, 0.05) is 5.69 Å². The number of amides is 1. The summed E-state index contributed by atoms with van der Waals surface area (Å²) in [4.78, 5) is 12.1. The Morgan fingerprint density at radius 1 is 1.16 bits per heavy atom. The van der Waals surface area contributed by atoms with Crippen molar-refractivity contribution in [3.8, 4) is 5.75 Å². The number of nitrogens with one attached hydrogen (secondary N) is 1. The lowest BCUT2D eigenvalue weighted by atomic mass is 10.1. The van der Waals surface area contributed by atoms with E-state index in [9.17, 15) is 4.79 Å². The highest BCUT2D eigenvalue weighted by molar-refractivity contribution is 6.34. The van der Waals surface area contributed by atoms with Crippen LogP contribution in [0.3, 0.4) is 0 Å². The molecule has 2 aromatic rings. The van der Waals surface area contributed by atoms with Gasteiger partial charge in [0.1, 0.15) is 5.75 Å². The highest BCUT2D eigenvalue weighted by atomic mass is 35.5. The summed E-state index contributed by atoms with van der Waals surface area (Å²) in [6, 6.07) is 12.5. The molecule has 19 heavy (non-hydrogen) atoms. The molecule has 1 amide bonds. The molecule has 4 heteroatoms. The monoisotopic (exact) mass is 275 g/mol. The van der Waals surface area contributed by atoms with Gasteiger partial charge in [-0.05, 0) is 48.9 Å². The fraction of sp³-hybridized carbons (Fsp3) is 0.133. The molecular formula is C15H14ClNO2. The zero-order valence-corrected chi connectivity index (χ0v) is 11.5. The van der Waals surface area contributed by atoms with Crippen molar-refractivity contribution in [2.24, 2.45) is 0 Å². The first kappa shape index (κ1) is 13.4. The lowest BCUT2D eigenvalue weighted by Gasteiger charge is -2.08. The second-order valence-electron chi connectivity index (χ2n) is 4.17. The molecule has 0 saturated carbocycles. The van der Waals surface area contributed by atoms with Crippen LogP contribution in [0.15, 0.2) is 42.5 Å². The molecule has 0 fully saturated rings. The Morgan fingerprint density at radius 3 is 2.42 bits per heavy atom. The van der Waals surface area contributed by atoms with Crippen molar-refractivity contribution in [3.63, 3.8) is 0 Å². The highest BCUT2D eigenvalue weighted by Gasteiger charge is 2.10. The summed E-state index contributed by atoms with van der Waals surface area (Å²) in [5.74, 6) is 0.515. The number of aryl methyl sites for hydroxylation is 1. The van der Waals surface area contributed by atoms with Crippen LogP contribution in [0.2, 0.25) is 5.02 Å². The number of halogens is 1. The van der Waals surface area contributed by atoms with E-state index in [0.29, 0.717) is 16.3 Å². The van der Waals surface area contributed by atoms with Gasteiger partial charge in [0.2, 0.25) is 0 Å². The minimum absolute atomic E-state index is 0.227. The van der Waals surface area contributed by atoms with Crippen LogP contribution < -0.4 is 10.1 Å². The quantitative estimate of drug-likeness (QED) is 0.922. The van der Waals surface area contributed by atoms with E-state index in [-0.39, 0.29) is 5.91 Å². The van der Waals surface area contributed by atoms with Gasteiger partial charge >= 0.3 is 0 Å². The fourth-order valence-corrected chi connectivity index (χ4v) is 2.00. The molecule has 0 atom stereocenters. The Morgan fingerprint density at radius 2 is 1.84 bits per heavy atom. The number of ether oxygens (including phenoxy) is 1. The van der Waals surface area contributed by atoms with Crippen LogP contribution in [0.25, 0.3) is 0 Å². The van der Waals surface area contributed by atoms with Crippen LogP contribution >= 0.6 is 11.6 Å². The summed E-state index contributed by atoms with van der Waals surface area (Å²) in [6.45, 7) is 1.93. The SMILES string of the molecule is COc1ccc(NC(=O)c2ccc(C)cc2Cl)cc1. The largest absolute Gasteiger partial charge is 0.497 e. The number of carbonyl (C=O) groups excluding carboxylic acids is 1. The van der Waals surface area contributed by atoms with Gasteiger partial charge in [-0.25, -0.2) is 0 Å². The van der Waals surface area contributed by atoms with Crippen LogP contribution in [-0.2, 0) is 0 Å². The van der Waals surface area contributed by atoms with Crippen LogP contribution in [0.4, 0.5) is 5.69 Å². The highest BCUT2D eigenvalue weighted by Crippen LogP contribution is 2.20. The average Bonchev–Trinajstić information content (AvgIpc) is 2.39. The number of anilines is 1. The molecule has 0 unspecified atom stereocenters. The van der Waals surface area contributed by atoms with Crippen LogP contribution in [-0.4, -0.2) is 13.0 Å². The molecular weight excluding hydrogens is 262 g/mol. The standard InChI is InChI=1S/C15H14ClNO2/c1-10-3-8-13(14(16)9-10)15(18)17-11-4-6-12(19-2)7-5-11/h3-9H,1-2H3,(H,17,18). The van der Waals surface area contributed by atoms with Crippen molar-refractivity contribution in [2.45, 2.75) is 6.92 Å². The van der Waals surface area contributed by atoms with E-state index in [2.05, 4.69) is 5.32 Å². The summed E-state index contributed by atoms with van der Waals surface area (Å²) in [7, 11) is 1.60. The molecule has 1 N–H and O–H groups in total. The number of methoxy groups -OCH3 is 1. The zero-order valence-electron chi connectivity index (χ0n) is 10.7. The van der Waals surface area contributed by atoms with Gasteiger partial charge in [0.15, 0.2) is 0 Å². The summed E-state index contributed by atoms with van der Waals surface area (Å²) >= 11 is 6.06. The molecule has 0 radical (unpaired) electrons. The second-order valence-corrected chi connectivity index (χ2v) is 4.57. The predicted octanol–water partition coefficient (Wildman–Crippen LogP) is 3.91. The van der Waals surface area contributed by atoms with E-state index in [0.717, 1.165) is 11.3 Å². The average molecular weight is 276 g/mol. The topological polar surface area (TPSA) is 38.3 Å². The van der Waals surface area contributed by atoms with Gasteiger partial charge in [-0.2, -0.15) is 0 Å². The normalized spacial score (nSPS) is 10.1. The summed E-state index contributed by atoms with van der Waals surface area (Å²) in [6.07, 6.45) is 0.